The summed E-state index contributed by atoms with van der Waals surface area (Å²) in [4.78, 5) is 53.0. The number of ketones is 1. The van der Waals surface area contributed by atoms with Crippen molar-refractivity contribution in [1.82, 2.24) is 20.7 Å². The first-order valence-corrected chi connectivity index (χ1v) is 17.1. The van der Waals surface area contributed by atoms with Gasteiger partial charge in [0.05, 0.1) is 24.0 Å². The molecule has 260 valence electrons. The molecule has 2 aromatic rings. The Hall–Kier alpha value is -4.37. The number of hydrogen-bond acceptors (Lipinski definition) is 16. The van der Waals surface area contributed by atoms with Gasteiger partial charge in [-0.15, -0.1) is 15.6 Å². The van der Waals surface area contributed by atoms with E-state index in [1.165, 1.54) is 26.2 Å². The predicted octanol–water partition coefficient (Wildman–Crippen LogP) is 0.162. The van der Waals surface area contributed by atoms with Crippen LogP contribution in [0.15, 0.2) is 33.7 Å². The van der Waals surface area contributed by atoms with Crippen molar-refractivity contribution in [2.75, 3.05) is 25.4 Å². The van der Waals surface area contributed by atoms with Crippen molar-refractivity contribution in [2.24, 2.45) is 21.8 Å². The zero-order chi connectivity index (χ0) is 35.0. The highest BCUT2D eigenvalue weighted by atomic mass is 32.3. The minimum absolute atomic E-state index is 0.0146. The highest BCUT2D eigenvalue weighted by Crippen LogP contribution is 2.41. The Labute approximate surface area is 279 Å². The number of nitrogens with one attached hydrogen (secondary N) is 2. The van der Waals surface area contributed by atoms with Crippen molar-refractivity contribution in [2.45, 2.75) is 63.3 Å². The Morgan fingerprint density at radius 3 is 2.73 bits per heavy atom. The summed E-state index contributed by atoms with van der Waals surface area (Å²) in [6, 6.07) is 5.56. The summed E-state index contributed by atoms with van der Waals surface area (Å²) in [7, 11) is -5.00. The van der Waals surface area contributed by atoms with E-state index in [9.17, 15) is 27.9 Å². The van der Waals surface area contributed by atoms with Gasteiger partial charge in [-0.2, -0.15) is 13.5 Å². The molecular weight excluding hydrogens is 672 g/mol. The number of thiazole rings is 1. The molecule has 1 amide bonds. The molecular formula is C28H36N8O10S2. The van der Waals surface area contributed by atoms with E-state index in [0.717, 1.165) is 22.5 Å². The summed E-state index contributed by atoms with van der Waals surface area (Å²) < 4.78 is 41.9. The van der Waals surface area contributed by atoms with Gasteiger partial charge in [-0.05, 0) is 56.9 Å². The number of ether oxygens (including phenoxy) is 1. The number of rotatable bonds is 13. The average molecular weight is 709 g/mol. The van der Waals surface area contributed by atoms with Crippen molar-refractivity contribution >= 4 is 56.2 Å². The molecule has 4 atom stereocenters. The number of carboxylic acids is 1. The Morgan fingerprint density at radius 1 is 1.35 bits per heavy atom. The maximum absolute atomic E-state index is 13.6. The molecule has 0 radical (unpaired) electrons. The van der Waals surface area contributed by atoms with E-state index in [-0.39, 0.29) is 23.3 Å². The number of amides is 1. The maximum atomic E-state index is 13.6. The number of oxime groups is 1. The zero-order valence-corrected chi connectivity index (χ0v) is 27.8. The standard InChI is InChI=1S/C28H36N8O10S2/c1-27(2)16(23(38)36(27)46-48(41,42)43)11-19(37)22(18-13-47-25(30)33-18)35-45-28(3,24(39)40)21-7-5-15-10-14(4-6-20(15)44-21)17-12-32-26(34-17)31-9-8-29/h4,6,10,13,16-17,21H,5,7-9,11-12,29H2,1-3H3,(H2,30,33)(H,39,40)(H2,31,32,34)(H,41,42,43)/b35-22-/t16-,17?,21-,28+/m1/s1. The topological polar surface area (TPSA) is 270 Å². The second-order valence-electron chi connectivity index (χ2n) is 12.1. The second-order valence-corrected chi connectivity index (χ2v) is 14.0. The first-order chi connectivity index (χ1) is 22.5. The number of hydroxylamine groups is 2. The van der Waals surface area contributed by atoms with Gasteiger partial charge < -0.3 is 36.8 Å². The number of guanidine groups is 1. The molecule has 5 rings (SSSR count). The van der Waals surface area contributed by atoms with Crippen molar-refractivity contribution in [3.05, 3.63) is 40.4 Å². The number of carboxylic acid groups (broad SMARTS) is 1. The Morgan fingerprint density at radius 2 is 2.10 bits per heavy atom. The Bertz CT molecular complexity index is 1780. The lowest BCUT2D eigenvalue weighted by molar-refractivity contribution is -0.228. The summed E-state index contributed by atoms with van der Waals surface area (Å²) in [5.74, 6) is -2.98. The molecule has 18 nitrogen and oxygen atoms in total. The number of nitrogen functional groups attached to an aromatic ring is 1. The van der Waals surface area contributed by atoms with Crippen LogP contribution >= 0.6 is 11.3 Å². The second kappa shape index (κ2) is 13.3. The number of anilines is 1. The highest BCUT2D eigenvalue weighted by Gasteiger charge is 2.58. The highest BCUT2D eigenvalue weighted by molar-refractivity contribution is 7.80. The van der Waals surface area contributed by atoms with Crippen LogP contribution in [0.5, 0.6) is 5.75 Å². The van der Waals surface area contributed by atoms with Gasteiger partial charge in [-0.1, -0.05) is 11.2 Å². The lowest BCUT2D eigenvalue weighted by Crippen LogP contribution is -2.68. The van der Waals surface area contributed by atoms with E-state index in [2.05, 4.69) is 30.0 Å². The first-order valence-electron chi connectivity index (χ1n) is 14.8. The SMILES string of the molecule is CC1(C)[C@H](CC(=O)/C(=N\O[C@](C)(C(=O)O)[C@H]2CCc3cc(C4CN=C(NCCN)N4)ccc3O2)c2csc(N)n2)C(=O)N1OS(=O)(=O)O. The number of aromatic nitrogens is 1. The fourth-order valence-electron chi connectivity index (χ4n) is 5.60. The average Bonchev–Trinajstić information content (AvgIpc) is 3.69. The number of aliphatic carboxylic acids is 1. The van der Waals surface area contributed by atoms with Crippen LogP contribution in [0.3, 0.4) is 0 Å². The smallest absolute Gasteiger partial charge is 0.418 e. The lowest BCUT2D eigenvalue weighted by atomic mass is 9.74. The van der Waals surface area contributed by atoms with Crippen LogP contribution < -0.4 is 26.8 Å². The number of carbonyl (C=O) groups is 3. The molecule has 4 heterocycles. The molecule has 3 aliphatic heterocycles. The Balaban J connectivity index is 1.33. The van der Waals surface area contributed by atoms with Crippen LogP contribution in [0.1, 0.15) is 56.5 Å². The van der Waals surface area contributed by atoms with Gasteiger partial charge in [0.15, 0.2) is 28.7 Å². The van der Waals surface area contributed by atoms with Gasteiger partial charge in [0, 0.05) is 24.9 Å². The van der Waals surface area contributed by atoms with E-state index in [4.69, 9.17) is 25.6 Å². The summed E-state index contributed by atoms with van der Waals surface area (Å²) in [5.41, 5.74) is 9.38. The molecule has 3 aliphatic rings. The monoisotopic (exact) mass is 708 g/mol. The zero-order valence-electron chi connectivity index (χ0n) is 26.2. The number of Topliss-reactive ketones (excluding diaryl/α,β-unsaturated/α-hetero) is 1. The van der Waals surface area contributed by atoms with Crippen molar-refractivity contribution < 1.29 is 46.3 Å². The molecule has 8 N–H and O–H groups in total. The molecule has 1 aromatic carbocycles. The molecule has 1 fully saturated rings. The van der Waals surface area contributed by atoms with Crippen molar-refractivity contribution in [3.8, 4) is 5.75 Å². The lowest BCUT2D eigenvalue weighted by Gasteiger charge is -2.50. The number of fused-ring (bicyclic) bond motifs is 1. The molecule has 1 unspecified atom stereocenters. The normalized spacial score (nSPS) is 23.1. The molecule has 48 heavy (non-hydrogen) atoms. The number of β-lactam (4-membered cyclic amide) rings is 1. The Kier molecular flexibility index (Phi) is 9.66. The van der Waals surface area contributed by atoms with Crippen LogP contribution in [-0.2, 0) is 40.3 Å². The summed E-state index contributed by atoms with van der Waals surface area (Å²) in [6.07, 6.45) is -0.812. The number of nitrogens with two attached hydrogens (primary N) is 2. The van der Waals surface area contributed by atoms with Gasteiger partial charge in [0.1, 0.15) is 11.4 Å². The molecule has 0 spiro atoms. The molecule has 1 saturated heterocycles. The third kappa shape index (κ3) is 7.06. The fraction of sp³-hybridized carbons (Fsp3) is 0.500. The van der Waals surface area contributed by atoms with Crippen LogP contribution in [-0.4, -0.2) is 94.3 Å². The largest absolute Gasteiger partial charge is 0.485 e. The van der Waals surface area contributed by atoms with Crippen molar-refractivity contribution in [3.63, 3.8) is 0 Å². The summed E-state index contributed by atoms with van der Waals surface area (Å²) >= 11 is 0.997. The van der Waals surface area contributed by atoms with Gasteiger partial charge in [-0.25, -0.2) is 9.78 Å². The van der Waals surface area contributed by atoms with Crippen LogP contribution in [0.2, 0.25) is 0 Å². The van der Waals surface area contributed by atoms with Gasteiger partial charge in [0.2, 0.25) is 0 Å². The van der Waals surface area contributed by atoms with Gasteiger partial charge >= 0.3 is 16.4 Å². The number of aryl methyl sites for hydroxylation is 1. The first kappa shape index (κ1) is 35.0. The molecule has 0 bridgehead atoms. The van der Waals surface area contributed by atoms with Gasteiger partial charge in [-0.3, -0.25) is 19.1 Å². The number of nitrogens with zero attached hydrogens (tertiary/aromatic N) is 4. The number of carbonyl (C=O) groups excluding carboxylic acids is 2. The molecule has 0 saturated carbocycles. The van der Waals surface area contributed by atoms with E-state index >= 15 is 0 Å². The molecule has 1 aromatic heterocycles. The van der Waals surface area contributed by atoms with E-state index in [1.807, 2.05) is 12.1 Å². The third-order valence-corrected chi connectivity index (χ3v) is 9.45. The predicted molar refractivity (Wildman–Crippen MR) is 171 cm³/mol. The quantitative estimate of drug-likeness (QED) is 0.0700. The van der Waals surface area contributed by atoms with E-state index in [1.54, 1.807) is 6.07 Å². The summed E-state index contributed by atoms with van der Waals surface area (Å²) in [5, 5.41) is 22.6. The number of benzene rings is 1. The van der Waals surface area contributed by atoms with Crippen molar-refractivity contribution in [1.29, 1.82) is 0 Å². The molecule has 0 aliphatic carbocycles. The van der Waals surface area contributed by atoms with Crippen LogP contribution in [0, 0.1) is 5.92 Å². The van der Waals surface area contributed by atoms with E-state index in [0.29, 0.717) is 42.8 Å². The van der Waals surface area contributed by atoms with Gasteiger partial charge in [0.25, 0.3) is 11.5 Å². The third-order valence-electron chi connectivity index (χ3n) is 8.44. The van der Waals surface area contributed by atoms with Crippen LogP contribution in [0.25, 0.3) is 0 Å². The summed E-state index contributed by atoms with van der Waals surface area (Å²) in [6.45, 7) is 5.74. The van der Waals surface area contributed by atoms with E-state index < -0.39 is 63.4 Å². The minimum Gasteiger partial charge on any atom is -0.485 e. The number of aliphatic imine (C=N–C) groups is 1. The number of hydrogen-bond donors (Lipinski definition) is 6. The maximum Gasteiger partial charge on any atom is 0.418 e. The fourth-order valence-corrected chi connectivity index (χ4v) is 6.60. The van der Waals surface area contributed by atoms with Crippen LogP contribution in [0.4, 0.5) is 5.13 Å². The molecule has 20 heteroatoms. The minimum atomic E-state index is -5.00.